The van der Waals surface area contributed by atoms with E-state index in [9.17, 15) is 0 Å². The molecular formula is C36H37N3Si2. The van der Waals surface area contributed by atoms with E-state index in [1.807, 2.05) is 18.3 Å². The molecule has 0 saturated carbocycles. The van der Waals surface area contributed by atoms with Crippen molar-refractivity contribution in [2.75, 3.05) is 4.90 Å². The van der Waals surface area contributed by atoms with Crippen molar-refractivity contribution in [3.05, 3.63) is 151 Å². The third kappa shape index (κ3) is 6.37. The number of anilines is 3. The molecule has 0 radical (unpaired) electrons. The Bertz CT molecular complexity index is 1560. The van der Waals surface area contributed by atoms with Gasteiger partial charge in [-0.15, -0.1) is 0 Å². The Balaban J connectivity index is 1.26. The van der Waals surface area contributed by atoms with Crippen LogP contribution in [0.2, 0.25) is 26.2 Å². The van der Waals surface area contributed by atoms with Crippen LogP contribution < -0.4 is 15.3 Å². The lowest BCUT2D eigenvalue weighted by Crippen LogP contribution is -2.69. The van der Waals surface area contributed by atoms with E-state index < -0.39 is 15.2 Å². The van der Waals surface area contributed by atoms with Gasteiger partial charge in [0.05, 0.1) is 27.6 Å². The lowest BCUT2D eigenvalue weighted by Gasteiger charge is -2.39. The summed E-state index contributed by atoms with van der Waals surface area (Å²) in [6.07, 6.45) is 3.63. The van der Waals surface area contributed by atoms with Gasteiger partial charge >= 0.3 is 0 Å². The summed E-state index contributed by atoms with van der Waals surface area (Å²) in [4.78, 5) is 2.25. The molecule has 5 rings (SSSR count). The average Bonchev–Trinajstić information content (AvgIpc) is 3.02. The Kier molecular flexibility index (Phi) is 8.57. The fourth-order valence-corrected chi connectivity index (χ4v) is 13.9. The minimum atomic E-state index is -1.65. The molecular weight excluding hydrogens is 531 g/mol. The highest BCUT2D eigenvalue weighted by Gasteiger charge is 2.43. The molecule has 5 aromatic carbocycles. The van der Waals surface area contributed by atoms with Crippen molar-refractivity contribution in [3.8, 4) is 0 Å². The summed E-state index contributed by atoms with van der Waals surface area (Å²) in [7, 11) is -3.25. The Labute approximate surface area is 246 Å². The second-order valence-corrected chi connectivity index (χ2v) is 26.5. The second-order valence-electron chi connectivity index (χ2n) is 11.3. The topological polar surface area (TPSA) is 28.0 Å². The Morgan fingerprint density at radius 3 is 1.20 bits per heavy atom. The summed E-state index contributed by atoms with van der Waals surface area (Å²) < 4.78 is 0. The molecule has 3 nitrogen and oxygen atoms in total. The second kappa shape index (κ2) is 12.5. The van der Waals surface area contributed by atoms with E-state index >= 15 is 0 Å². The monoisotopic (exact) mass is 567 g/mol. The lowest BCUT2D eigenvalue weighted by atomic mass is 10.1. The SMILES string of the molecule is C[Si](C)(c1ccccc1)[Si](C)(C)c1ccc(/C=N\N=C\c2ccc(N(c3ccccc3)c3ccccc3)cc2)cc1. The minimum Gasteiger partial charge on any atom is -0.311 e. The molecule has 0 spiro atoms. The highest BCUT2D eigenvalue weighted by molar-refractivity contribution is 7.49. The van der Waals surface area contributed by atoms with Crippen LogP contribution in [-0.2, 0) is 0 Å². The molecule has 5 aromatic rings. The first-order valence-electron chi connectivity index (χ1n) is 14.1. The van der Waals surface area contributed by atoms with Crippen LogP contribution in [0.4, 0.5) is 17.1 Å². The predicted octanol–water partition coefficient (Wildman–Crippen LogP) is 8.22. The fraction of sp³-hybridized carbons (Fsp3) is 0.111. The summed E-state index contributed by atoms with van der Waals surface area (Å²) in [6, 6.07) is 49.3. The molecule has 204 valence electrons. The Hall–Kier alpha value is -4.33. The van der Waals surface area contributed by atoms with Gasteiger partial charge in [0, 0.05) is 17.1 Å². The van der Waals surface area contributed by atoms with Crippen molar-refractivity contribution >= 4 is 55.0 Å². The molecule has 0 heterocycles. The van der Waals surface area contributed by atoms with Gasteiger partial charge in [-0.1, -0.05) is 140 Å². The molecule has 0 aliphatic heterocycles. The highest BCUT2D eigenvalue weighted by Crippen LogP contribution is 2.33. The Morgan fingerprint density at radius 1 is 0.415 bits per heavy atom. The molecule has 0 amide bonds. The quantitative estimate of drug-likeness (QED) is 0.100. The first-order chi connectivity index (χ1) is 19.9. The molecule has 0 bridgehead atoms. The van der Waals surface area contributed by atoms with Crippen LogP contribution in [0.25, 0.3) is 0 Å². The van der Waals surface area contributed by atoms with Crippen LogP contribution in [-0.4, -0.2) is 27.6 Å². The van der Waals surface area contributed by atoms with Crippen molar-refractivity contribution in [2.24, 2.45) is 10.2 Å². The van der Waals surface area contributed by atoms with E-state index in [1.165, 1.54) is 10.4 Å². The summed E-state index contributed by atoms with van der Waals surface area (Å²) in [5, 5.41) is 11.7. The maximum atomic E-state index is 4.33. The molecule has 0 unspecified atom stereocenters. The van der Waals surface area contributed by atoms with Crippen molar-refractivity contribution in [1.82, 2.24) is 0 Å². The standard InChI is InChI=1S/C36H37N3Si2/c1-40(2,35-18-12-7-13-19-35)41(3,4)36-26-22-31(23-27-36)29-38-37-28-30-20-24-34(25-21-30)39(32-14-8-5-9-15-32)33-16-10-6-11-17-33/h5-29H,1-4H3/b37-28+,38-29-. The third-order valence-corrected chi connectivity index (χ3v) is 26.1. The Morgan fingerprint density at radius 2 is 0.756 bits per heavy atom. The van der Waals surface area contributed by atoms with Crippen LogP contribution in [0.15, 0.2) is 150 Å². The summed E-state index contributed by atoms with van der Waals surface area (Å²) in [5.74, 6) is 0. The maximum Gasteiger partial charge on any atom is 0.0791 e. The third-order valence-electron chi connectivity index (χ3n) is 8.35. The summed E-state index contributed by atoms with van der Waals surface area (Å²) >= 11 is 0. The van der Waals surface area contributed by atoms with Gasteiger partial charge in [-0.05, 0) is 47.5 Å². The molecule has 0 saturated heterocycles. The number of hydrogen-bond donors (Lipinski definition) is 0. The van der Waals surface area contributed by atoms with Gasteiger partial charge < -0.3 is 4.90 Å². The van der Waals surface area contributed by atoms with Crippen molar-refractivity contribution in [2.45, 2.75) is 26.2 Å². The maximum absolute atomic E-state index is 4.33. The van der Waals surface area contributed by atoms with Gasteiger partial charge in [0.15, 0.2) is 0 Å². The average molecular weight is 568 g/mol. The normalized spacial score (nSPS) is 12.2. The predicted molar refractivity (Wildman–Crippen MR) is 183 cm³/mol. The molecule has 0 fully saturated rings. The lowest BCUT2D eigenvalue weighted by molar-refractivity contribution is 1.26. The highest BCUT2D eigenvalue weighted by atomic mass is 29.3. The zero-order valence-corrected chi connectivity index (χ0v) is 26.3. The minimum absolute atomic E-state index is 1.00. The van der Waals surface area contributed by atoms with Crippen LogP contribution in [0.3, 0.4) is 0 Å². The van der Waals surface area contributed by atoms with Gasteiger partial charge in [0.2, 0.25) is 0 Å². The number of nitrogens with zero attached hydrogens (tertiary/aromatic N) is 3. The first kappa shape index (κ1) is 28.2. The number of hydrogen-bond acceptors (Lipinski definition) is 3. The smallest absolute Gasteiger partial charge is 0.0791 e. The van der Waals surface area contributed by atoms with E-state index in [0.29, 0.717) is 0 Å². The van der Waals surface area contributed by atoms with Gasteiger partial charge in [-0.3, -0.25) is 0 Å². The molecule has 0 aromatic heterocycles. The van der Waals surface area contributed by atoms with E-state index in [0.717, 1.165) is 28.2 Å². The van der Waals surface area contributed by atoms with E-state index in [1.54, 1.807) is 6.21 Å². The van der Waals surface area contributed by atoms with Crippen molar-refractivity contribution in [3.63, 3.8) is 0 Å². The zero-order valence-electron chi connectivity index (χ0n) is 24.3. The van der Waals surface area contributed by atoms with Gasteiger partial charge in [0.1, 0.15) is 0 Å². The number of para-hydroxylation sites is 2. The summed E-state index contributed by atoms with van der Waals surface area (Å²) in [5.41, 5.74) is 5.39. The fourth-order valence-electron chi connectivity index (χ4n) is 5.07. The van der Waals surface area contributed by atoms with Gasteiger partial charge in [-0.25, -0.2) is 0 Å². The molecule has 41 heavy (non-hydrogen) atoms. The van der Waals surface area contributed by atoms with Crippen molar-refractivity contribution < 1.29 is 0 Å². The molecule has 0 atom stereocenters. The zero-order chi connectivity index (χ0) is 28.7. The molecule has 5 heteroatoms. The van der Waals surface area contributed by atoms with Crippen LogP contribution >= 0.6 is 0 Å². The van der Waals surface area contributed by atoms with Gasteiger partial charge in [0.25, 0.3) is 0 Å². The number of rotatable bonds is 9. The molecule has 0 N–H and O–H groups in total. The van der Waals surface area contributed by atoms with Crippen LogP contribution in [0.5, 0.6) is 0 Å². The largest absolute Gasteiger partial charge is 0.311 e. The van der Waals surface area contributed by atoms with E-state index in [4.69, 9.17) is 0 Å². The van der Waals surface area contributed by atoms with Crippen LogP contribution in [0, 0.1) is 0 Å². The van der Waals surface area contributed by atoms with E-state index in [-0.39, 0.29) is 0 Å². The van der Waals surface area contributed by atoms with Crippen molar-refractivity contribution in [1.29, 1.82) is 0 Å². The molecule has 0 aliphatic rings. The van der Waals surface area contributed by atoms with Crippen LogP contribution in [0.1, 0.15) is 11.1 Å². The number of benzene rings is 5. The summed E-state index contributed by atoms with van der Waals surface area (Å²) in [6.45, 7) is 10.1. The first-order valence-corrected chi connectivity index (χ1v) is 21.1. The molecule has 0 aliphatic carbocycles. The van der Waals surface area contributed by atoms with Gasteiger partial charge in [-0.2, -0.15) is 10.2 Å². The van der Waals surface area contributed by atoms with E-state index in [2.05, 4.69) is 169 Å².